The van der Waals surface area contributed by atoms with Crippen LogP contribution in [0.1, 0.15) is 28.4 Å². The number of nitrogens with zero attached hydrogens (tertiary/aromatic N) is 3. The maximum atomic E-state index is 12.5. The minimum absolute atomic E-state index is 0.0390. The van der Waals surface area contributed by atoms with Crippen molar-refractivity contribution in [2.75, 3.05) is 0 Å². The van der Waals surface area contributed by atoms with Crippen LogP contribution < -0.4 is 5.32 Å². The van der Waals surface area contributed by atoms with Gasteiger partial charge in [-0.3, -0.25) is 9.48 Å². The standard InChI is InChI=1S/C14H17F3N4O2/c1-8-11(10(3)21(20-8)6-14(15,16)17)4-13(22)18-5-12-9(2)19-7-23-12/h7H,4-6H2,1-3H3,(H,18,22). The monoisotopic (exact) mass is 330 g/mol. The van der Waals surface area contributed by atoms with Crippen molar-refractivity contribution in [3.8, 4) is 0 Å². The normalized spacial score (nSPS) is 11.7. The molecule has 0 spiro atoms. The van der Waals surface area contributed by atoms with Crippen molar-refractivity contribution in [3.05, 3.63) is 34.8 Å². The fourth-order valence-corrected chi connectivity index (χ4v) is 2.21. The molecule has 0 fully saturated rings. The van der Waals surface area contributed by atoms with Crippen molar-refractivity contribution in [2.45, 2.75) is 46.5 Å². The lowest BCUT2D eigenvalue weighted by molar-refractivity contribution is -0.142. The summed E-state index contributed by atoms with van der Waals surface area (Å²) in [5.41, 5.74) is 1.93. The van der Waals surface area contributed by atoms with Crippen LogP contribution in [0.15, 0.2) is 10.8 Å². The fourth-order valence-electron chi connectivity index (χ4n) is 2.21. The molecule has 1 amide bonds. The third-order valence-electron chi connectivity index (χ3n) is 3.49. The van der Waals surface area contributed by atoms with Gasteiger partial charge >= 0.3 is 6.18 Å². The number of carbonyl (C=O) groups excluding carboxylic acids is 1. The molecule has 126 valence electrons. The lowest BCUT2D eigenvalue weighted by Crippen LogP contribution is -2.25. The van der Waals surface area contributed by atoms with Crippen molar-refractivity contribution in [2.24, 2.45) is 0 Å². The Morgan fingerprint density at radius 3 is 2.57 bits per heavy atom. The Morgan fingerprint density at radius 2 is 2.00 bits per heavy atom. The maximum Gasteiger partial charge on any atom is 0.408 e. The van der Waals surface area contributed by atoms with E-state index in [0.717, 1.165) is 4.68 Å². The van der Waals surface area contributed by atoms with Crippen LogP contribution in [0.5, 0.6) is 0 Å². The van der Waals surface area contributed by atoms with Gasteiger partial charge in [0, 0.05) is 11.3 Å². The van der Waals surface area contributed by atoms with E-state index in [9.17, 15) is 18.0 Å². The highest BCUT2D eigenvalue weighted by Gasteiger charge is 2.30. The number of hydrogen-bond donors (Lipinski definition) is 1. The van der Waals surface area contributed by atoms with Crippen molar-refractivity contribution >= 4 is 5.91 Å². The third kappa shape index (κ3) is 4.33. The van der Waals surface area contributed by atoms with Crippen LogP contribution in [0.3, 0.4) is 0 Å². The van der Waals surface area contributed by atoms with Crippen LogP contribution >= 0.6 is 0 Å². The number of amides is 1. The van der Waals surface area contributed by atoms with Gasteiger partial charge in [-0.1, -0.05) is 0 Å². The van der Waals surface area contributed by atoms with E-state index in [1.807, 2.05) is 0 Å². The fraction of sp³-hybridized carbons (Fsp3) is 0.500. The molecule has 0 radical (unpaired) electrons. The third-order valence-corrected chi connectivity index (χ3v) is 3.49. The molecule has 2 heterocycles. The molecule has 0 saturated carbocycles. The van der Waals surface area contributed by atoms with Crippen LogP contribution in [0.2, 0.25) is 0 Å². The van der Waals surface area contributed by atoms with Crippen LogP contribution in [-0.2, 0) is 24.3 Å². The summed E-state index contributed by atoms with van der Waals surface area (Å²) in [6, 6.07) is 0. The predicted octanol–water partition coefficient (Wildman–Crippen LogP) is 2.22. The van der Waals surface area contributed by atoms with E-state index in [1.54, 1.807) is 13.8 Å². The van der Waals surface area contributed by atoms with E-state index in [2.05, 4.69) is 15.4 Å². The Bertz CT molecular complexity index is 703. The summed E-state index contributed by atoms with van der Waals surface area (Å²) >= 11 is 0. The molecule has 2 aromatic rings. The largest absolute Gasteiger partial charge is 0.446 e. The van der Waals surface area contributed by atoms with Gasteiger partial charge in [-0.05, 0) is 20.8 Å². The second kappa shape index (κ2) is 6.43. The number of oxazole rings is 1. The molecule has 0 bridgehead atoms. The van der Waals surface area contributed by atoms with Gasteiger partial charge in [0.25, 0.3) is 0 Å². The van der Waals surface area contributed by atoms with Gasteiger partial charge in [-0.2, -0.15) is 18.3 Å². The van der Waals surface area contributed by atoms with E-state index in [1.165, 1.54) is 13.3 Å². The van der Waals surface area contributed by atoms with Gasteiger partial charge in [0.15, 0.2) is 6.39 Å². The number of aryl methyl sites for hydroxylation is 2. The van der Waals surface area contributed by atoms with E-state index in [4.69, 9.17) is 4.42 Å². The zero-order chi connectivity index (χ0) is 17.2. The molecular weight excluding hydrogens is 313 g/mol. The second-order valence-corrected chi connectivity index (χ2v) is 5.24. The Balaban J connectivity index is 2.02. The topological polar surface area (TPSA) is 73.0 Å². The molecule has 0 unspecified atom stereocenters. The molecule has 0 aliphatic carbocycles. The van der Waals surface area contributed by atoms with Gasteiger partial charge in [0.05, 0.1) is 24.4 Å². The smallest absolute Gasteiger partial charge is 0.408 e. The highest BCUT2D eigenvalue weighted by atomic mass is 19.4. The first-order chi connectivity index (χ1) is 10.7. The molecule has 0 aliphatic heterocycles. The molecule has 9 heteroatoms. The van der Waals surface area contributed by atoms with Gasteiger partial charge in [-0.25, -0.2) is 4.98 Å². The maximum absolute atomic E-state index is 12.5. The molecule has 0 aromatic carbocycles. The van der Waals surface area contributed by atoms with E-state index in [-0.39, 0.29) is 18.9 Å². The van der Waals surface area contributed by atoms with Gasteiger partial charge in [-0.15, -0.1) is 0 Å². The van der Waals surface area contributed by atoms with Crippen LogP contribution in [0.25, 0.3) is 0 Å². The minimum Gasteiger partial charge on any atom is -0.446 e. The number of carbonyl (C=O) groups is 1. The van der Waals surface area contributed by atoms with Crippen molar-refractivity contribution in [1.29, 1.82) is 0 Å². The Labute approximate surface area is 130 Å². The van der Waals surface area contributed by atoms with Crippen molar-refractivity contribution in [1.82, 2.24) is 20.1 Å². The van der Waals surface area contributed by atoms with E-state index in [0.29, 0.717) is 28.4 Å². The number of aromatic nitrogens is 3. The highest BCUT2D eigenvalue weighted by Crippen LogP contribution is 2.21. The molecule has 0 aliphatic rings. The molecule has 0 atom stereocenters. The average Bonchev–Trinajstić information content (AvgIpc) is 2.94. The zero-order valence-electron chi connectivity index (χ0n) is 13.0. The first-order valence-corrected chi connectivity index (χ1v) is 6.92. The Morgan fingerprint density at radius 1 is 1.30 bits per heavy atom. The van der Waals surface area contributed by atoms with Crippen molar-refractivity contribution in [3.63, 3.8) is 0 Å². The van der Waals surface area contributed by atoms with E-state index >= 15 is 0 Å². The summed E-state index contributed by atoms with van der Waals surface area (Å²) in [4.78, 5) is 15.9. The summed E-state index contributed by atoms with van der Waals surface area (Å²) in [5.74, 6) is 0.220. The highest BCUT2D eigenvalue weighted by molar-refractivity contribution is 5.79. The molecule has 1 N–H and O–H groups in total. The number of halogens is 3. The lowest BCUT2D eigenvalue weighted by atomic mass is 10.1. The SMILES string of the molecule is Cc1ncoc1CNC(=O)Cc1c(C)nn(CC(F)(F)F)c1C. The second-order valence-electron chi connectivity index (χ2n) is 5.24. The predicted molar refractivity (Wildman–Crippen MR) is 74.5 cm³/mol. The first-order valence-electron chi connectivity index (χ1n) is 6.92. The number of hydrogen-bond acceptors (Lipinski definition) is 4. The quantitative estimate of drug-likeness (QED) is 0.912. The summed E-state index contributed by atoms with van der Waals surface area (Å²) in [6.07, 6.45) is -3.11. The molecule has 23 heavy (non-hydrogen) atoms. The number of nitrogens with one attached hydrogen (secondary N) is 1. The first kappa shape index (κ1) is 17.0. The van der Waals surface area contributed by atoms with E-state index < -0.39 is 12.7 Å². The molecular formula is C14H17F3N4O2. The molecule has 2 aromatic heterocycles. The lowest BCUT2D eigenvalue weighted by Gasteiger charge is -2.08. The Kier molecular flexibility index (Phi) is 4.76. The zero-order valence-corrected chi connectivity index (χ0v) is 13.0. The van der Waals surface area contributed by atoms with Gasteiger partial charge < -0.3 is 9.73 Å². The molecule has 2 rings (SSSR count). The Hall–Kier alpha value is -2.32. The molecule has 0 saturated heterocycles. The number of rotatable bonds is 5. The summed E-state index contributed by atoms with van der Waals surface area (Å²) in [7, 11) is 0. The van der Waals surface area contributed by atoms with Gasteiger partial charge in [0.1, 0.15) is 12.3 Å². The van der Waals surface area contributed by atoms with Crippen LogP contribution in [0.4, 0.5) is 13.2 Å². The molecule has 6 nitrogen and oxygen atoms in total. The number of alkyl halides is 3. The van der Waals surface area contributed by atoms with Gasteiger partial charge in [0.2, 0.25) is 5.91 Å². The van der Waals surface area contributed by atoms with Crippen LogP contribution in [0, 0.1) is 20.8 Å². The summed E-state index contributed by atoms with van der Waals surface area (Å²) in [5, 5.41) is 6.52. The van der Waals surface area contributed by atoms with Crippen LogP contribution in [-0.4, -0.2) is 26.8 Å². The summed E-state index contributed by atoms with van der Waals surface area (Å²) in [6.45, 7) is 3.87. The summed E-state index contributed by atoms with van der Waals surface area (Å²) < 4.78 is 43.4. The van der Waals surface area contributed by atoms with Crippen molar-refractivity contribution < 1.29 is 22.4 Å². The average molecular weight is 330 g/mol. The minimum atomic E-state index is -4.35.